The minimum atomic E-state index is 0.660. The van der Waals surface area contributed by atoms with Crippen molar-refractivity contribution in [2.24, 2.45) is 0 Å². The third kappa shape index (κ3) is 3.46. The maximum Gasteiger partial charge on any atom is 0.183 e. The summed E-state index contributed by atoms with van der Waals surface area (Å²) in [7, 11) is 0. The fourth-order valence-corrected chi connectivity index (χ4v) is 5.92. The van der Waals surface area contributed by atoms with E-state index < -0.39 is 0 Å². The summed E-state index contributed by atoms with van der Waals surface area (Å²) in [4.78, 5) is 34.8. The van der Waals surface area contributed by atoms with E-state index >= 15 is 0 Å². The lowest BCUT2D eigenvalue weighted by Crippen LogP contribution is -2.47. The number of anilines is 2. The van der Waals surface area contributed by atoms with Crippen molar-refractivity contribution in [3.05, 3.63) is 47.1 Å². The summed E-state index contributed by atoms with van der Waals surface area (Å²) in [6, 6.07) is 1.99. The van der Waals surface area contributed by atoms with Crippen molar-refractivity contribution in [1.82, 2.24) is 29.9 Å². The average molecular weight is 445 g/mol. The molecule has 1 aliphatic heterocycles. The molecule has 0 unspecified atom stereocenters. The van der Waals surface area contributed by atoms with Crippen LogP contribution in [0.25, 0.3) is 21.7 Å². The van der Waals surface area contributed by atoms with Gasteiger partial charge in [-0.3, -0.25) is 4.98 Å². The van der Waals surface area contributed by atoms with E-state index in [-0.39, 0.29) is 0 Å². The van der Waals surface area contributed by atoms with Crippen LogP contribution in [0.3, 0.4) is 0 Å². The average Bonchev–Trinajstić information content (AvgIpc) is 3.23. The van der Waals surface area contributed by atoms with Crippen molar-refractivity contribution in [2.75, 3.05) is 36.0 Å². The Balaban J connectivity index is 1.39. The zero-order chi connectivity index (χ0) is 21.5. The lowest BCUT2D eigenvalue weighted by atomic mass is 9.97. The van der Waals surface area contributed by atoms with E-state index in [1.165, 1.54) is 28.7 Å². The Hall–Kier alpha value is -3.20. The van der Waals surface area contributed by atoms with Crippen LogP contribution < -0.4 is 9.80 Å². The Morgan fingerprint density at radius 3 is 2.53 bits per heavy atom. The normalized spacial score (nSPS) is 16.4. The first-order chi connectivity index (χ1) is 15.8. The van der Waals surface area contributed by atoms with Gasteiger partial charge in [0.1, 0.15) is 28.0 Å². The molecule has 5 heterocycles. The fourth-order valence-electron chi connectivity index (χ4n) is 4.66. The molecule has 9 heteroatoms. The Bertz CT molecular complexity index is 1260. The molecule has 1 aliphatic carbocycles. The van der Waals surface area contributed by atoms with Crippen molar-refractivity contribution in [3.63, 3.8) is 0 Å². The van der Waals surface area contributed by atoms with Crippen LogP contribution in [-0.4, -0.2) is 56.1 Å². The van der Waals surface area contributed by atoms with Gasteiger partial charge in [0.25, 0.3) is 0 Å². The molecule has 0 amide bonds. The molecule has 0 aromatic carbocycles. The molecule has 32 heavy (non-hydrogen) atoms. The quantitative estimate of drug-likeness (QED) is 0.475. The van der Waals surface area contributed by atoms with Gasteiger partial charge in [0.2, 0.25) is 0 Å². The van der Waals surface area contributed by atoms with Gasteiger partial charge in [-0.1, -0.05) is 0 Å². The second-order valence-corrected chi connectivity index (χ2v) is 9.37. The molecule has 8 nitrogen and oxygen atoms in total. The molecule has 0 bridgehead atoms. The van der Waals surface area contributed by atoms with Gasteiger partial charge in [0.05, 0.1) is 11.6 Å². The molecule has 162 valence electrons. The summed E-state index contributed by atoms with van der Waals surface area (Å²) in [5.41, 5.74) is 2.18. The van der Waals surface area contributed by atoms with Crippen LogP contribution in [0.4, 0.5) is 11.6 Å². The number of aryl methyl sites for hydroxylation is 3. The van der Waals surface area contributed by atoms with Gasteiger partial charge in [0, 0.05) is 49.6 Å². The van der Waals surface area contributed by atoms with E-state index in [4.69, 9.17) is 9.97 Å². The second kappa shape index (κ2) is 8.05. The van der Waals surface area contributed by atoms with E-state index in [0.29, 0.717) is 5.82 Å². The molecule has 1 saturated heterocycles. The molecule has 0 spiro atoms. The summed E-state index contributed by atoms with van der Waals surface area (Å²) >= 11 is 1.83. The summed E-state index contributed by atoms with van der Waals surface area (Å²) in [5.74, 6) is 3.51. The van der Waals surface area contributed by atoms with Crippen LogP contribution in [0.15, 0.2) is 30.9 Å². The molecule has 6 rings (SSSR count). The molecule has 0 N–H and O–H groups in total. The Kier molecular flexibility index (Phi) is 4.90. The first kappa shape index (κ1) is 19.5. The number of thiophene rings is 1. The summed E-state index contributed by atoms with van der Waals surface area (Å²) in [5, 5.41) is 1.25. The number of nitrogens with zero attached hydrogens (tertiary/aromatic N) is 8. The first-order valence-corrected chi connectivity index (χ1v) is 12.0. The smallest absolute Gasteiger partial charge is 0.183 e. The van der Waals surface area contributed by atoms with E-state index in [9.17, 15) is 0 Å². The summed E-state index contributed by atoms with van der Waals surface area (Å²) in [6.07, 6.45) is 11.7. The molecule has 1 fully saturated rings. The molecular formula is C23H24N8S. The van der Waals surface area contributed by atoms with E-state index in [0.717, 1.165) is 67.0 Å². The number of fused-ring (bicyclic) bond motifs is 3. The SMILES string of the molecule is Cc1nccc(N2CCN(c3nc(-c4cnccn4)nc4sc5c(c34)CCCC5)CC2)n1. The number of hydrogen-bond acceptors (Lipinski definition) is 9. The zero-order valence-corrected chi connectivity index (χ0v) is 18.8. The van der Waals surface area contributed by atoms with Gasteiger partial charge in [-0.2, -0.15) is 0 Å². The number of rotatable bonds is 3. The molecule has 4 aromatic heterocycles. The number of piperazine rings is 1. The maximum absolute atomic E-state index is 5.06. The van der Waals surface area contributed by atoms with Crippen LogP contribution in [0.1, 0.15) is 29.1 Å². The predicted molar refractivity (Wildman–Crippen MR) is 126 cm³/mol. The van der Waals surface area contributed by atoms with Gasteiger partial charge in [-0.15, -0.1) is 11.3 Å². The highest BCUT2D eigenvalue weighted by Crippen LogP contribution is 2.40. The highest BCUT2D eigenvalue weighted by atomic mass is 32.1. The van der Waals surface area contributed by atoms with Gasteiger partial charge in [-0.05, 0) is 44.2 Å². The largest absolute Gasteiger partial charge is 0.353 e. The monoisotopic (exact) mass is 444 g/mol. The Morgan fingerprint density at radius 2 is 1.72 bits per heavy atom. The van der Waals surface area contributed by atoms with Gasteiger partial charge in [-0.25, -0.2) is 24.9 Å². The van der Waals surface area contributed by atoms with Gasteiger partial charge < -0.3 is 9.80 Å². The standard InChI is InChI=1S/C23H24N8S/c1-15-25-7-6-19(27-15)30-10-12-31(13-11-30)22-20-16-4-2-3-5-18(16)32-23(20)29-21(28-22)17-14-24-8-9-26-17/h6-9,14H,2-5,10-13H2,1H3. The van der Waals surface area contributed by atoms with E-state index in [2.05, 4.69) is 29.7 Å². The minimum Gasteiger partial charge on any atom is -0.353 e. The fraction of sp³-hybridized carbons (Fsp3) is 0.391. The highest BCUT2D eigenvalue weighted by molar-refractivity contribution is 7.19. The lowest BCUT2D eigenvalue weighted by Gasteiger charge is -2.36. The predicted octanol–water partition coefficient (Wildman–Crippen LogP) is 3.45. The Morgan fingerprint density at radius 1 is 0.875 bits per heavy atom. The van der Waals surface area contributed by atoms with Gasteiger partial charge in [0.15, 0.2) is 5.82 Å². The molecule has 0 atom stereocenters. The summed E-state index contributed by atoms with van der Waals surface area (Å²) < 4.78 is 0. The van der Waals surface area contributed by atoms with Gasteiger partial charge >= 0.3 is 0 Å². The Labute approximate surface area is 190 Å². The maximum atomic E-state index is 5.06. The van der Waals surface area contributed by atoms with E-state index in [1.54, 1.807) is 18.6 Å². The summed E-state index contributed by atoms with van der Waals surface area (Å²) in [6.45, 7) is 5.51. The number of aromatic nitrogens is 6. The zero-order valence-electron chi connectivity index (χ0n) is 18.0. The van der Waals surface area contributed by atoms with Crippen molar-refractivity contribution >= 4 is 33.2 Å². The topological polar surface area (TPSA) is 83.8 Å². The molecule has 4 aromatic rings. The molecule has 0 saturated carbocycles. The van der Waals surface area contributed by atoms with Crippen LogP contribution in [0.2, 0.25) is 0 Å². The molecule has 0 radical (unpaired) electrons. The number of hydrogen-bond donors (Lipinski definition) is 0. The van der Waals surface area contributed by atoms with Crippen LogP contribution in [-0.2, 0) is 12.8 Å². The molecular weight excluding hydrogens is 420 g/mol. The third-order valence-corrected chi connectivity index (χ3v) is 7.44. The van der Waals surface area contributed by atoms with Crippen molar-refractivity contribution in [1.29, 1.82) is 0 Å². The highest BCUT2D eigenvalue weighted by Gasteiger charge is 2.27. The third-order valence-electron chi connectivity index (χ3n) is 6.25. The first-order valence-electron chi connectivity index (χ1n) is 11.1. The molecule has 2 aliphatic rings. The van der Waals surface area contributed by atoms with Crippen LogP contribution in [0.5, 0.6) is 0 Å². The van der Waals surface area contributed by atoms with Crippen LogP contribution >= 0.6 is 11.3 Å². The lowest BCUT2D eigenvalue weighted by molar-refractivity contribution is 0.641. The van der Waals surface area contributed by atoms with E-state index in [1.807, 2.05) is 30.5 Å². The van der Waals surface area contributed by atoms with Crippen LogP contribution in [0, 0.1) is 6.92 Å². The second-order valence-electron chi connectivity index (χ2n) is 8.29. The van der Waals surface area contributed by atoms with Crippen molar-refractivity contribution in [2.45, 2.75) is 32.6 Å². The van der Waals surface area contributed by atoms with Crippen molar-refractivity contribution < 1.29 is 0 Å². The van der Waals surface area contributed by atoms with Crippen molar-refractivity contribution in [3.8, 4) is 11.5 Å². The minimum absolute atomic E-state index is 0.660.